The monoisotopic (exact) mass is 327 g/mol. The van der Waals surface area contributed by atoms with Gasteiger partial charge in [-0.3, -0.25) is 4.79 Å². The largest absolute Gasteiger partial charge is 0.465 e. The first-order chi connectivity index (χ1) is 10.1. The zero-order valence-electron chi connectivity index (χ0n) is 12.2. The van der Waals surface area contributed by atoms with Crippen LogP contribution in [0.1, 0.15) is 36.9 Å². The number of rotatable bonds is 7. The molecule has 0 aliphatic rings. The van der Waals surface area contributed by atoms with Gasteiger partial charge in [-0.15, -0.1) is 21.5 Å². The molecule has 114 valence electrons. The summed E-state index contributed by atoms with van der Waals surface area (Å²) in [6, 6.07) is 0. The highest BCUT2D eigenvalue weighted by Gasteiger charge is 2.19. The molecule has 0 amide bonds. The molecule has 2 aromatic heterocycles. The second kappa shape index (κ2) is 7.56. The SMILES string of the molecule is CCCOC(=O)C(C)Sc1nnc(Cc2csc(C)n2)o1. The topological polar surface area (TPSA) is 78.1 Å². The number of carbonyl (C=O) groups excluding carboxylic acids is 1. The Kier molecular flexibility index (Phi) is 5.75. The van der Waals surface area contributed by atoms with Crippen LogP contribution in [-0.2, 0) is 16.0 Å². The van der Waals surface area contributed by atoms with Crippen LogP contribution in [0, 0.1) is 6.92 Å². The van der Waals surface area contributed by atoms with Crippen molar-refractivity contribution in [2.45, 2.75) is 44.1 Å². The minimum Gasteiger partial charge on any atom is -0.465 e. The number of nitrogens with zero attached hydrogens (tertiary/aromatic N) is 3. The number of esters is 1. The van der Waals surface area contributed by atoms with E-state index < -0.39 is 0 Å². The molecule has 2 rings (SSSR count). The van der Waals surface area contributed by atoms with E-state index in [1.165, 1.54) is 11.8 Å². The molecule has 0 aromatic carbocycles. The van der Waals surface area contributed by atoms with Crippen molar-refractivity contribution in [3.63, 3.8) is 0 Å². The van der Waals surface area contributed by atoms with Crippen molar-refractivity contribution in [1.29, 1.82) is 0 Å². The van der Waals surface area contributed by atoms with Crippen LogP contribution < -0.4 is 0 Å². The van der Waals surface area contributed by atoms with Crippen molar-refractivity contribution >= 4 is 29.1 Å². The average molecular weight is 327 g/mol. The molecule has 0 saturated heterocycles. The normalized spacial score (nSPS) is 12.3. The van der Waals surface area contributed by atoms with Crippen LogP contribution in [0.25, 0.3) is 0 Å². The predicted molar refractivity (Wildman–Crippen MR) is 80.5 cm³/mol. The van der Waals surface area contributed by atoms with Crippen LogP contribution in [0.2, 0.25) is 0 Å². The quantitative estimate of drug-likeness (QED) is 0.571. The van der Waals surface area contributed by atoms with Gasteiger partial charge in [-0.2, -0.15) is 0 Å². The standard InChI is InChI=1S/C13H17N3O3S2/c1-4-5-18-12(17)8(2)21-13-16-15-11(19-13)6-10-7-20-9(3)14-10/h7-8H,4-6H2,1-3H3. The molecule has 0 aliphatic heterocycles. The highest BCUT2D eigenvalue weighted by molar-refractivity contribution is 8.00. The highest BCUT2D eigenvalue weighted by atomic mass is 32.2. The van der Waals surface area contributed by atoms with Crippen LogP contribution in [0.5, 0.6) is 0 Å². The zero-order chi connectivity index (χ0) is 15.2. The summed E-state index contributed by atoms with van der Waals surface area (Å²) in [4.78, 5) is 16.0. The first-order valence-corrected chi connectivity index (χ1v) is 8.41. The second-order valence-corrected chi connectivity index (χ2v) is 6.78. The summed E-state index contributed by atoms with van der Waals surface area (Å²) in [6.45, 7) is 6.10. The van der Waals surface area contributed by atoms with E-state index in [0.717, 1.165) is 17.1 Å². The van der Waals surface area contributed by atoms with Crippen molar-refractivity contribution < 1.29 is 13.9 Å². The molecule has 0 fully saturated rings. The van der Waals surface area contributed by atoms with E-state index in [1.54, 1.807) is 18.3 Å². The number of ether oxygens (including phenoxy) is 1. The molecule has 0 radical (unpaired) electrons. The molecule has 8 heteroatoms. The Morgan fingerprint density at radius 1 is 1.52 bits per heavy atom. The molecule has 0 aliphatic carbocycles. The van der Waals surface area contributed by atoms with Gasteiger partial charge < -0.3 is 9.15 Å². The Morgan fingerprint density at radius 3 is 3.00 bits per heavy atom. The van der Waals surface area contributed by atoms with Crippen molar-refractivity contribution in [3.8, 4) is 0 Å². The molecule has 0 N–H and O–H groups in total. The third kappa shape index (κ3) is 4.82. The highest BCUT2D eigenvalue weighted by Crippen LogP contribution is 2.23. The van der Waals surface area contributed by atoms with Gasteiger partial charge in [-0.1, -0.05) is 18.7 Å². The maximum Gasteiger partial charge on any atom is 0.319 e. The predicted octanol–water partition coefficient (Wildman–Crippen LogP) is 2.86. The summed E-state index contributed by atoms with van der Waals surface area (Å²) >= 11 is 2.79. The summed E-state index contributed by atoms with van der Waals surface area (Å²) in [5, 5.41) is 10.9. The van der Waals surface area contributed by atoms with Gasteiger partial charge in [0.15, 0.2) is 0 Å². The van der Waals surface area contributed by atoms with E-state index in [2.05, 4.69) is 15.2 Å². The smallest absolute Gasteiger partial charge is 0.319 e. The maximum absolute atomic E-state index is 11.7. The van der Waals surface area contributed by atoms with E-state index >= 15 is 0 Å². The average Bonchev–Trinajstić information content (AvgIpc) is 3.06. The number of aryl methyl sites for hydroxylation is 1. The summed E-state index contributed by atoms with van der Waals surface area (Å²) < 4.78 is 10.6. The van der Waals surface area contributed by atoms with E-state index in [1.807, 2.05) is 19.2 Å². The van der Waals surface area contributed by atoms with Crippen molar-refractivity contribution in [2.75, 3.05) is 6.61 Å². The van der Waals surface area contributed by atoms with E-state index in [9.17, 15) is 4.79 Å². The summed E-state index contributed by atoms with van der Waals surface area (Å²) in [5.41, 5.74) is 0.910. The number of carbonyl (C=O) groups is 1. The maximum atomic E-state index is 11.7. The van der Waals surface area contributed by atoms with Gasteiger partial charge in [0.05, 0.1) is 23.7 Å². The van der Waals surface area contributed by atoms with Crippen molar-refractivity contribution in [1.82, 2.24) is 15.2 Å². The minimum absolute atomic E-state index is 0.267. The fourth-order valence-corrected chi connectivity index (χ4v) is 2.83. The van der Waals surface area contributed by atoms with Gasteiger partial charge in [0.25, 0.3) is 5.22 Å². The third-order valence-electron chi connectivity index (χ3n) is 2.51. The Balaban J connectivity index is 1.89. The number of hydrogen-bond acceptors (Lipinski definition) is 8. The Morgan fingerprint density at radius 2 is 2.33 bits per heavy atom. The molecular formula is C13H17N3O3S2. The number of aromatic nitrogens is 3. The van der Waals surface area contributed by atoms with E-state index in [-0.39, 0.29) is 11.2 Å². The molecule has 0 spiro atoms. The van der Waals surface area contributed by atoms with E-state index in [0.29, 0.717) is 24.1 Å². The van der Waals surface area contributed by atoms with Crippen LogP contribution >= 0.6 is 23.1 Å². The van der Waals surface area contributed by atoms with Gasteiger partial charge in [0, 0.05) is 5.38 Å². The molecule has 6 nitrogen and oxygen atoms in total. The lowest BCUT2D eigenvalue weighted by molar-refractivity contribution is -0.142. The van der Waals surface area contributed by atoms with Crippen LogP contribution in [0.4, 0.5) is 0 Å². The van der Waals surface area contributed by atoms with Gasteiger partial charge >= 0.3 is 5.97 Å². The molecular weight excluding hydrogens is 310 g/mol. The lowest BCUT2D eigenvalue weighted by atomic mass is 10.3. The zero-order valence-corrected chi connectivity index (χ0v) is 13.8. The first kappa shape index (κ1) is 16.0. The Hall–Kier alpha value is -1.41. The Bertz CT molecular complexity index is 597. The molecule has 1 unspecified atom stereocenters. The molecule has 0 saturated carbocycles. The van der Waals surface area contributed by atoms with Gasteiger partial charge in [0.2, 0.25) is 5.89 Å². The lowest BCUT2D eigenvalue weighted by Gasteiger charge is -2.07. The fraction of sp³-hybridized carbons (Fsp3) is 0.538. The van der Waals surface area contributed by atoms with Crippen LogP contribution in [0.15, 0.2) is 15.0 Å². The first-order valence-electron chi connectivity index (χ1n) is 6.65. The van der Waals surface area contributed by atoms with Gasteiger partial charge in [-0.25, -0.2) is 4.98 Å². The number of thioether (sulfide) groups is 1. The van der Waals surface area contributed by atoms with Crippen molar-refractivity contribution in [3.05, 3.63) is 22.0 Å². The number of hydrogen-bond donors (Lipinski definition) is 0. The van der Waals surface area contributed by atoms with Crippen molar-refractivity contribution in [2.24, 2.45) is 0 Å². The summed E-state index contributed by atoms with van der Waals surface area (Å²) in [7, 11) is 0. The van der Waals surface area contributed by atoms with Gasteiger partial charge in [0.1, 0.15) is 5.25 Å². The fourth-order valence-electron chi connectivity index (χ4n) is 1.52. The molecule has 1 atom stereocenters. The molecule has 0 bridgehead atoms. The second-order valence-electron chi connectivity index (χ2n) is 4.42. The summed E-state index contributed by atoms with van der Waals surface area (Å²) in [6.07, 6.45) is 1.31. The third-order valence-corrected chi connectivity index (χ3v) is 4.24. The van der Waals surface area contributed by atoms with E-state index in [4.69, 9.17) is 9.15 Å². The molecule has 21 heavy (non-hydrogen) atoms. The number of thiazole rings is 1. The lowest BCUT2D eigenvalue weighted by Crippen LogP contribution is -2.17. The van der Waals surface area contributed by atoms with Crippen LogP contribution in [0.3, 0.4) is 0 Å². The van der Waals surface area contributed by atoms with Crippen LogP contribution in [-0.4, -0.2) is 33.0 Å². The molecule has 2 aromatic rings. The Labute approximate surface area is 131 Å². The minimum atomic E-state index is -0.369. The summed E-state index contributed by atoms with van der Waals surface area (Å²) in [5.74, 6) is 0.230. The molecule has 2 heterocycles. The van der Waals surface area contributed by atoms with Gasteiger partial charge in [-0.05, 0) is 20.3 Å².